The molecule has 0 spiro atoms. The summed E-state index contributed by atoms with van der Waals surface area (Å²) in [6, 6.07) is 3.34. The third-order valence-corrected chi connectivity index (χ3v) is 3.69. The van der Waals surface area contributed by atoms with Crippen LogP contribution in [0.3, 0.4) is 0 Å². The molecule has 0 unspecified atom stereocenters. The maximum absolute atomic E-state index is 11.6. The number of fused-ring (bicyclic) bond motifs is 3. The summed E-state index contributed by atoms with van der Waals surface area (Å²) in [7, 11) is 0. The van der Waals surface area contributed by atoms with Crippen LogP contribution < -0.4 is 0 Å². The first-order valence-corrected chi connectivity index (χ1v) is 5.92. The third-order valence-electron chi connectivity index (χ3n) is 3.69. The Morgan fingerprint density at radius 1 is 1.50 bits per heavy atom. The fourth-order valence-corrected chi connectivity index (χ4v) is 2.87. The Kier molecular flexibility index (Phi) is 2.29. The summed E-state index contributed by atoms with van der Waals surface area (Å²) >= 11 is 0. The van der Waals surface area contributed by atoms with E-state index in [4.69, 9.17) is 9.84 Å². The number of esters is 1. The molecule has 1 aromatic rings. The van der Waals surface area contributed by atoms with Crippen LogP contribution in [0.25, 0.3) is 0 Å². The Morgan fingerprint density at radius 2 is 2.28 bits per heavy atom. The van der Waals surface area contributed by atoms with Crippen molar-refractivity contribution in [1.82, 2.24) is 4.57 Å². The van der Waals surface area contributed by atoms with Crippen LogP contribution in [-0.2, 0) is 16.1 Å². The lowest BCUT2D eigenvalue weighted by Gasteiger charge is -2.15. The van der Waals surface area contributed by atoms with Gasteiger partial charge in [-0.2, -0.15) is 0 Å². The number of carboxylic acids is 1. The molecule has 1 saturated heterocycles. The molecule has 94 valence electrons. The summed E-state index contributed by atoms with van der Waals surface area (Å²) in [5.41, 5.74) is 1.52. The highest BCUT2D eigenvalue weighted by atomic mass is 16.6. The summed E-state index contributed by atoms with van der Waals surface area (Å²) in [6.45, 7) is 4.42. The number of aromatic nitrogens is 1. The largest absolute Gasteiger partial charge is 0.477 e. The monoisotopic (exact) mass is 247 g/mol. The van der Waals surface area contributed by atoms with E-state index in [2.05, 4.69) is 6.58 Å². The summed E-state index contributed by atoms with van der Waals surface area (Å²) < 4.78 is 7.05. The Morgan fingerprint density at radius 3 is 3.00 bits per heavy atom. The Labute approximate surface area is 104 Å². The molecular formula is C13H13NO4. The van der Waals surface area contributed by atoms with Crippen LogP contribution in [0.5, 0.6) is 0 Å². The zero-order valence-electron chi connectivity index (χ0n) is 9.76. The molecule has 3 heterocycles. The van der Waals surface area contributed by atoms with E-state index in [0.29, 0.717) is 12.1 Å². The van der Waals surface area contributed by atoms with Crippen molar-refractivity contribution in [2.45, 2.75) is 31.4 Å². The van der Waals surface area contributed by atoms with E-state index in [9.17, 15) is 9.59 Å². The van der Waals surface area contributed by atoms with Gasteiger partial charge in [0.25, 0.3) is 0 Å². The van der Waals surface area contributed by atoms with Crippen molar-refractivity contribution in [3.05, 3.63) is 35.7 Å². The zero-order valence-corrected chi connectivity index (χ0v) is 9.76. The van der Waals surface area contributed by atoms with Gasteiger partial charge in [-0.15, -0.1) is 0 Å². The van der Waals surface area contributed by atoms with Gasteiger partial charge in [-0.25, -0.2) is 9.59 Å². The highest BCUT2D eigenvalue weighted by Crippen LogP contribution is 2.40. The average molecular weight is 247 g/mol. The molecule has 0 radical (unpaired) electrons. The number of carboxylic acid groups (broad SMARTS) is 1. The summed E-state index contributed by atoms with van der Waals surface area (Å²) in [5.74, 6) is -1.51. The van der Waals surface area contributed by atoms with Gasteiger partial charge in [0.2, 0.25) is 0 Å². The normalized spacial score (nSPS) is 26.2. The second-order valence-corrected chi connectivity index (χ2v) is 4.69. The molecule has 0 aromatic carbocycles. The maximum atomic E-state index is 11.6. The molecule has 0 saturated carbocycles. The fraction of sp³-hybridized carbons (Fsp3) is 0.385. The third kappa shape index (κ3) is 1.40. The number of nitrogens with zero attached hydrogens (tertiary/aromatic N) is 1. The van der Waals surface area contributed by atoms with Crippen molar-refractivity contribution < 1.29 is 19.4 Å². The number of carbonyl (C=O) groups excluding carboxylic acids is 1. The lowest BCUT2D eigenvalue weighted by Crippen LogP contribution is -2.15. The molecule has 0 bridgehead atoms. The smallest absolute Gasteiger partial charge is 0.352 e. The Bertz CT molecular complexity index is 557. The van der Waals surface area contributed by atoms with Gasteiger partial charge in [0, 0.05) is 17.8 Å². The van der Waals surface area contributed by atoms with E-state index >= 15 is 0 Å². The highest BCUT2D eigenvalue weighted by molar-refractivity contribution is 5.92. The van der Waals surface area contributed by atoms with Crippen molar-refractivity contribution in [2.75, 3.05) is 0 Å². The van der Waals surface area contributed by atoms with E-state index in [1.165, 1.54) is 0 Å². The van der Waals surface area contributed by atoms with E-state index in [1.54, 1.807) is 16.7 Å². The number of aromatic carboxylic acids is 1. The van der Waals surface area contributed by atoms with Crippen LogP contribution in [0.15, 0.2) is 24.3 Å². The number of carbonyl (C=O) groups is 2. The van der Waals surface area contributed by atoms with Gasteiger partial charge in [0.1, 0.15) is 11.8 Å². The first-order valence-electron chi connectivity index (χ1n) is 5.92. The van der Waals surface area contributed by atoms with E-state index < -0.39 is 5.97 Å². The average Bonchev–Trinajstić information content (AvgIpc) is 2.78. The first-order chi connectivity index (χ1) is 8.59. The standard InChI is InChI=1S/C13H13NO4/c1-7-11-8-4-5-9(12(15)16)14(8)6-2-3-10(11)18-13(7)17/h4-5,10-11H,1-3,6H2,(H,15,16)/t10-,11-/m1/s1. The van der Waals surface area contributed by atoms with Crippen LogP contribution in [0.2, 0.25) is 0 Å². The predicted molar refractivity (Wildman–Crippen MR) is 62.4 cm³/mol. The van der Waals surface area contributed by atoms with Crippen molar-refractivity contribution in [1.29, 1.82) is 0 Å². The van der Waals surface area contributed by atoms with Gasteiger partial charge >= 0.3 is 11.9 Å². The van der Waals surface area contributed by atoms with E-state index in [0.717, 1.165) is 18.5 Å². The van der Waals surface area contributed by atoms with Crippen LogP contribution in [0.1, 0.15) is 34.9 Å². The topological polar surface area (TPSA) is 68.5 Å². The second-order valence-electron chi connectivity index (χ2n) is 4.69. The molecule has 1 fully saturated rings. The summed E-state index contributed by atoms with van der Waals surface area (Å²) in [5, 5.41) is 9.14. The van der Waals surface area contributed by atoms with Gasteiger partial charge < -0.3 is 14.4 Å². The molecule has 0 aliphatic carbocycles. The SMILES string of the molecule is C=C1C(=O)O[C@@H]2CCCn3c(C(=O)O)ccc3[C@@H]12. The lowest BCUT2D eigenvalue weighted by molar-refractivity contribution is -0.139. The minimum atomic E-state index is -0.949. The molecule has 0 amide bonds. The van der Waals surface area contributed by atoms with Gasteiger partial charge in [-0.05, 0) is 25.0 Å². The molecule has 3 rings (SSSR count). The van der Waals surface area contributed by atoms with Gasteiger partial charge in [0.15, 0.2) is 0 Å². The van der Waals surface area contributed by atoms with E-state index in [-0.39, 0.29) is 23.7 Å². The van der Waals surface area contributed by atoms with Crippen molar-refractivity contribution in [3.8, 4) is 0 Å². The minimum Gasteiger partial charge on any atom is -0.477 e. The number of rotatable bonds is 1. The summed E-state index contributed by atoms with van der Waals surface area (Å²) in [4.78, 5) is 22.7. The molecule has 1 aromatic heterocycles. The lowest BCUT2D eigenvalue weighted by atomic mass is 9.92. The molecular weight excluding hydrogens is 234 g/mol. The minimum absolute atomic E-state index is 0.192. The van der Waals surface area contributed by atoms with Crippen molar-refractivity contribution >= 4 is 11.9 Å². The molecule has 2 aliphatic rings. The van der Waals surface area contributed by atoms with Crippen molar-refractivity contribution in [3.63, 3.8) is 0 Å². The summed E-state index contributed by atoms with van der Waals surface area (Å²) in [6.07, 6.45) is 1.35. The molecule has 2 atom stereocenters. The molecule has 1 N–H and O–H groups in total. The van der Waals surface area contributed by atoms with Gasteiger partial charge in [-0.1, -0.05) is 6.58 Å². The zero-order chi connectivity index (χ0) is 12.9. The fourth-order valence-electron chi connectivity index (χ4n) is 2.87. The molecule has 2 aliphatic heterocycles. The Hall–Kier alpha value is -2.04. The van der Waals surface area contributed by atoms with Gasteiger partial charge in [-0.3, -0.25) is 0 Å². The predicted octanol–water partition coefficient (Wildman–Crippen LogP) is 1.55. The maximum Gasteiger partial charge on any atom is 0.352 e. The van der Waals surface area contributed by atoms with Crippen LogP contribution in [0, 0.1) is 0 Å². The number of hydrogen-bond donors (Lipinski definition) is 1. The van der Waals surface area contributed by atoms with Crippen molar-refractivity contribution in [2.24, 2.45) is 0 Å². The molecule has 18 heavy (non-hydrogen) atoms. The number of hydrogen-bond acceptors (Lipinski definition) is 3. The Balaban J connectivity index is 2.12. The van der Waals surface area contributed by atoms with Crippen LogP contribution >= 0.6 is 0 Å². The highest BCUT2D eigenvalue weighted by Gasteiger charge is 2.42. The number of ether oxygens (including phenoxy) is 1. The van der Waals surface area contributed by atoms with Gasteiger partial charge in [0.05, 0.1) is 5.92 Å². The molecule has 5 nitrogen and oxygen atoms in total. The first kappa shape index (κ1) is 11.1. The van der Waals surface area contributed by atoms with E-state index in [1.807, 2.05) is 0 Å². The molecule has 5 heteroatoms. The van der Waals surface area contributed by atoms with Crippen LogP contribution in [0.4, 0.5) is 0 Å². The van der Waals surface area contributed by atoms with Crippen LogP contribution in [-0.4, -0.2) is 27.7 Å². The second kappa shape index (κ2) is 3.73. The quantitative estimate of drug-likeness (QED) is 0.603.